The second-order valence-corrected chi connectivity index (χ2v) is 2.61. The third kappa shape index (κ3) is 5.10. The molecule has 0 spiro atoms. The molecule has 1 aromatic rings. The average Bonchev–Trinajstić information content (AvgIpc) is 2.22. The van der Waals surface area contributed by atoms with Crippen LogP contribution in [0.4, 0.5) is 5.95 Å². The molecule has 5 nitrogen and oxygen atoms in total. The average molecular weight is 181 g/mol. The molecule has 72 valence electrons. The van der Waals surface area contributed by atoms with Crippen LogP contribution in [-0.4, -0.2) is 36.1 Å². The Labute approximate surface area is 77.8 Å². The van der Waals surface area contributed by atoms with Crippen LogP contribution in [0.25, 0.3) is 0 Å². The first-order chi connectivity index (χ1) is 6.39. The molecule has 0 saturated carbocycles. The fourth-order valence-electron chi connectivity index (χ4n) is 0.914. The summed E-state index contributed by atoms with van der Waals surface area (Å²) in [7, 11) is 0. The molecule has 1 fully saturated rings. The van der Waals surface area contributed by atoms with Crippen LogP contribution in [0, 0.1) is 0 Å². The molecule has 1 aliphatic rings. The predicted molar refractivity (Wildman–Crippen MR) is 52.2 cm³/mol. The van der Waals surface area contributed by atoms with Gasteiger partial charge in [0.25, 0.3) is 0 Å². The number of nitrogens with one attached hydrogen (secondary N) is 2. The molecule has 0 amide bonds. The maximum Gasteiger partial charge on any atom is 0.219 e. The number of aromatic nitrogens is 2. The van der Waals surface area contributed by atoms with Gasteiger partial charge in [-0.2, -0.15) is 0 Å². The van der Waals surface area contributed by atoms with E-state index in [4.69, 9.17) is 5.73 Å². The van der Waals surface area contributed by atoms with E-state index in [-0.39, 0.29) is 0 Å². The SMILES string of the molecule is C1CNCCN1.Nc1ncccn1. The van der Waals surface area contributed by atoms with E-state index in [1.165, 1.54) is 0 Å². The largest absolute Gasteiger partial charge is 0.368 e. The highest BCUT2D eigenvalue weighted by molar-refractivity contribution is 5.11. The summed E-state index contributed by atoms with van der Waals surface area (Å²) in [5.74, 6) is 0.322. The van der Waals surface area contributed by atoms with Crippen molar-refractivity contribution in [3.8, 4) is 0 Å². The van der Waals surface area contributed by atoms with Gasteiger partial charge in [0.05, 0.1) is 0 Å². The van der Waals surface area contributed by atoms with E-state index in [1.54, 1.807) is 18.5 Å². The molecular formula is C8H15N5. The summed E-state index contributed by atoms with van der Waals surface area (Å²) < 4.78 is 0. The first-order valence-electron chi connectivity index (χ1n) is 4.33. The molecule has 1 saturated heterocycles. The van der Waals surface area contributed by atoms with E-state index in [1.807, 2.05) is 0 Å². The lowest BCUT2D eigenvalue weighted by atomic mass is 10.4. The summed E-state index contributed by atoms with van der Waals surface area (Å²) in [5.41, 5.74) is 5.14. The van der Waals surface area contributed by atoms with Gasteiger partial charge in [-0.25, -0.2) is 9.97 Å². The first kappa shape index (κ1) is 9.88. The Morgan fingerprint density at radius 1 is 1.00 bits per heavy atom. The maximum atomic E-state index is 5.14. The Morgan fingerprint density at radius 2 is 1.46 bits per heavy atom. The third-order valence-corrected chi connectivity index (χ3v) is 1.54. The van der Waals surface area contributed by atoms with Crippen LogP contribution in [0.2, 0.25) is 0 Å². The minimum absolute atomic E-state index is 0.322. The van der Waals surface area contributed by atoms with Gasteiger partial charge in [-0.15, -0.1) is 0 Å². The Bertz CT molecular complexity index is 198. The monoisotopic (exact) mass is 181 g/mol. The first-order valence-corrected chi connectivity index (χ1v) is 4.33. The fourth-order valence-corrected chi connectivity index (χ4v) is 0.914. The van der Waals surface area contributed by atoms with Crippen molar-refractivity contribution >= 4 is 5.95 Å². The van der Waals surface area contributed by atoms with Crippen LogP contribution in [0.15, 0.2) is 18.5 Å². The number of hydrogen-bond acceptors (Lipinski definition) is 5. The van der Waals surface area contributed by atoms with Gasteiger partial charge in [-0.05, 0) is 6.07 Å². The number of nitrogens with zero attached hydrogens (tertiary/aromatic N) is 2. The van der Waals surface area contributed by atoms with Crippen molar-refractivity contribution in [3.63, 3.8) is 0 Å². The lowest BCUT2D eigenvalue weighted by molar-refractivity contribution is 0.534. The Morgan fingerprint density at radius 3 is 1.69 bits per heavy atom. The van der Waals surface area contributed by atoms with E-state index in [9.17, 15) is 0 Å². The van der Waals surface area contributed by atoms with E-state index in [0.29, 0.717) is 5.95 Å². The highest BCUT2D eigenvalue weighted by Gasteiger charge is 1.91. The minimum Gasteiger partial charge on any atom is -0.368 e. The number of nitrogen functional groups attached to an aromatic ring is 1. The summed E-state index contributed by atoms with van der Waals surface area (Å²) in [4.78, 5) is 7.29. The maximum absolute atomic E-state index is 5.14. The predicted octanol–water partition coefficient (Wildman–Crippen LogP) is -0.762. The lowest BCUT2D eigenvalue weighted by Crippen LogP contribution is -2.39. The van der Waals surface area contributed by atoms with Crippen LogP contribution in [0.1, 0.15) is 0 Å². The van der Waals surface area contributed by atoms with Gasteiger partial charge >= 0.3 is 0 Å². The molecule has 0 atom stereocenters. The van der Waals surface area contributed by atoms with Gasteiger partial charge in [0.2, 0.25) is 5.95 Å². The van der Waals surface area contributed by atoms with Crippen LogP contribution < -0.4 is 16.4 Å². The zero-order valence-corrected chi connectivity index (χ0v) is 7.53. The third-order valence-electron chi connectivity index (χ3n) is 1.54. The summed E-state index contributed by atoms with van der Waals surface area (Å²) in [6.07, 6.45) is 3.20. The number of hydrogen-bond donors (Lipinski definition) is 3. The molecule has 0 unspecified atom stereocenters. The van der Waals surface area contributed by atoms with E-state index in [2.05, 4.69) is 20.6 Å². The molecule has 2 heterocycles. The number of anilines is 1. The van der Waals surface area contributed by atoms with Gasteiger partial charge in [0, 0.05) is 38.6 Å². The smallest absolute Gasteiger partial charge is 0.219 e. The minimum atomic E-state index is 0.322. The Hall–Kier alpha value is -1.20. The van der Waals surface area contributed by atoms with Gasteiger partial charge in [-0.3, -0.25) is 0 Å². The molecule has 4 N–H and O–H groups in total. The van der Waals surface area contributed by atoms with E-state index in [0.717, 1.165) is 26.2 Å². The molecule has 0 bridgehead atoms. The quantitative estimate of drug-likeness (QED) is 0.490. The molecule has 0 radical (unpaired) electrons. The summed E-state index contributed by atoms with van der Waals surface area (Å²) in [6.45, 7) is 4.56. The molecule has 1 aliphatic heterocycles. The van der Waals surface area contributed by atoms with Crippen LogP contribution in [-0.2, 0) is 0 Å². The molecule has 0 aliphatic carbocycles. The summed E-state index contributed by atoms with van der Waals surface area (Å²) >= 11 is 0. The van der Waals surface area contributed by atoms with Crippen LogP contribution >= 0.6 is 0 Å². The number of rotatable bonds is 0. The van der Waals surface area contributed by atoms with Crippen molar-refractivity contribution in [2.45, 2.75) is 0 Å². The van der Waals surface area contributed by atoms with Gasteiger partial charge < -0.3 is 16.4 Å². The lowest BCUT2D eigenvalue weighted by Gasteiger charge is -2.11. The topological polar surface area (TPSA) is 75.9 Å². The van der Waals surface area contributed by atoms with Crippen LogP contribution in [0.5, 0.6) is 0 Å². The second-order valence-electron chi connectivity index (χ2n) is 2.61. The van der Waals surface area contributed by atoms with Crippen molar-refractivity contribution < 1.29 is 0 Å². The normalized spacial score (nSPS) is 15.7. The molecule has 5 heteroatoms. The molecule has 1 aromatic heterocycles. The van der Waals surface area contributed by atoms with Gasteiger partial charge in [0.15, 0.2) is 0 Å². The van der Waals surface area contributed by atoms with Gasteiger partial charge in [0.1, 0.15) is 0 Å². The van der Waals surface area contributed by atoms with Crippen LogP contribution in [0.3, 0.4) is 0 Å². The van der Waals surface area contributed by atoms with Crippen molar-refractivity contribution in [2.24, 2.45) is 0 Å². The van der Waals surface area contributed by atoms with Crippen molar-refractivity contribution in [1.29, 1.82) is 0 Å². The Balaban J connectivity index is 0.000000132. The fraction of sp³-hybridized carbons (Fsp3) is 0.500. The highest BCUT2D eigenvalue weighted by Crippen LogP contribution is 1.81. The number of nitrogens with two attached hydrogens (primary N) is 1. The van der Waals surface area contributed by atoms with E-state index < -0.39 is 0 Å². The highest BCUT2D eigenvalue weighted by atomic mass is 15.0. The van der Waals surface area contributed by atoms with E-state index >= 15 is 0 Å². The summed E-state index contributed by atoms with van der Waals surface area (Å²) in [6, 6.07) is 1.72. The number of piperazine rings is 1. The second kappa shape index (κ2) is 6.33. The molecule has 2 rings (SSSR count). The van der Waals surface area contributed by atoms with Crippen molar-refractivity contribution in [3.05, 3.63) is 18.5 Å². The van der Waals surface area contributed by atoms with Crippen molar-refractivity contribution in [2.75, 3.05) is 31.9 Å². The molecule has 0 aromatic carbocycles. The zero-order valence-electron chi connectivity index (χ0n) is 7.53. The van der Waals surface area contributed by atoms with Crippen molar-refractivity contribution in [1.82, 2.24) is 20.6 Å². The molecular weight excluding hydrogens is 166 g/mol. The van der Waals surface area contributed by atoms with Gasteiger partial charge in [-0.1, -0.05) is 0 Å². The summed E-state index contributed by atoms with van der Waals surface area (Å²) in [5, 5.41) is 6.44. The Kier molecular flexibility index (Phi) is 4.81. The standard InChI is InChI=1S/C4H5N3.C4H10N2/c5-4-6-2-1-3-7-4;1-2-6-4-3-5-1/h1-3H,(H2,5,6,7);5-6H,1-4H2. The molecule has 13 heavy (non-hydrogen) atoms. The zero-order chi connectivity index (χ0) is 9.36.